The lowest BCUT2D eigenvalue weighted by Gasteiger charge is -2.08. The van der Waals surface area contributed by atoms with Crippen molar-refractivity contribution >= 4 is 23.3 Å². The first-order chi connectivity index (χ1) is 7.66. The van der Waals surface area contributed by atoms with Crippen molar-refractivity contribution in [3.8, 4) is 0 Å². The van der Waals surface area contributed by atoms with Gasteiger partial charge in [-0.2, -0.15) is 0 Å². The predicted octanol–water partition coefficient (Wildman–Crippen LogP) is 3.25. The van der Waals surface area contributed by atoms with E-state index in [-0.39, 0.29) is 5.56 Å². The van der Waals surface area contributed by atoms with Crippen molar-refractivity contribution in [1.82, 2.24) is 0 Å². The largest absolute Gasteiger partial charge is 0.478 e. The first kappa shape index (κ1) is 11.3. The number of hydrogen-bond acceptors (Lipinski definition) is 2. The van der Waals surface area contributed by atoms with E-state index in [0.717, 1.165) is 24.6 Å². The number of aromatic carboxylic acids is 1. The molecule has 0 saturated heterocycles. The molecule has 0 spiro atoms. The fourth-order valence-corrected chi connectivity index (χ4v) is 1.86. The van der Waals surface area contributed by atoms with Crippen molar-refractivity contribution in [1.29, 1.82) is 0 Å². The van der Waals surface area contributed by atoms with Crippen molar-refractivity contribution in [2.45, 2.75) is 19.3 Å². The van der Waals surface area contributed by atoms with E-state index in [2.05, 4.69) is 5.32 Å². The molecule has 1 fully saturated rings. The summed E-state index contributed by atoms with van der Waals surface area (Å²) in [7, 11) is 0. The molecule has 0 amide bonds. The quantitative estimate of drug-likeness (QED) is 0.829. The fourth-order valence-electron chi connectivity index (χ4n) is 1.61. The summed E-state index contributed by atoms with van der Waals surface area (Å²) in [4.78, 5) is 10.7. The Bertz CT molecular complexity index is 402. The highest BCUT2D eigenvalue weighted by molar-refractivity contribution is 6.33. The number of rotatable bonds is 5. The highest BCUT2D eigenvalue weighted by Crippen LogP contribution is 2.32. The molecule has 2 rings (SSSR count). The van der Waals surface area contributed by atoms with Crippen LogP contribution in [0, 0.1) is 5.92 Å². The van der Waals surface area contributed by atoms with Crippen molar-refractivity contribution in [2.75, 3.05) is 11.9 Å². The van der Waals surface area contributed by atoms with Gasteiger partial charge in [0.25, 0.3) is 0 Å². The average molecular weight is 240 g/mol. The van der Waals surface area contributed by atoms with Gasteiger partial charge < -0.3 is 10.4 Å². The number of carboxylic acid groups (broad SMARTS) is 1. The number of hydrogen-bond donors (Lipinski definition) is 2. The fraction of sp³-hybridized carbons (Fsp3) is 0.417. The highest BCUT2D eigenvalue weighted by Gasteiger charge is 2.20. The summed E-state index contributed by atoms with van der Waals surface area (Å²) < 4.78 is 0. The van der Waals surface area contributed by atoms with Crippen LogP contribution >= 0.6 is 11.6 Å². The van der Waals surface area contributed by atoms with E-state index in [1.165, 1.54) is 18.9 Å². The van der Waals surface area contributed by atoms with E-state index in [0.29, 0.717) is 5.02 Å². The summed E-state index contributed by atoms with van der Waals surface area (Å²) in [6, 6.07) is 4.76. The van der Waals surface area contributed by atoms with Gasteiger partial charge in [0, 0.05) is 6.54 Å². The molecular weight excluding hydrogens is 226 g/mol. The first-order valence-corrected chi connectivity index (χ1v) is 5.81. The second-order valence-electron chi connectivity index (χ2n) is 4.16. The molecule has 0 bridgehead atoms. The van der Waals surface area contributed by atoms with Gasteiger partial charge >= 0.3 is 5.97 Å². The second-order valence-corrected chi connectivity index (χ2v) is 4.57. The highest BCUT2D eigenvalue weighted by atomic mass is 35.5. The van der Waals surface area contributed by atoms with Crippen LogP contribution in [0.25, 0.3) is 0 Å². The zero-order valence-electron chi connectivity index (χ0n) is 8.87. The molecule has 2 N–H and O–H groups in total. The normalized spacial score (nSPS) is 14.8. The zero-order valence-corrected chi connectivity index (χ0v) is 9.63. The molecule has 1 aromatic carbocycles. The molecule has 1 saturated carbocycles. The Morgan fingerprint density at radius 1 is 1.50 bits per heavy atom. The first-order valence-electron chi connectivity index (χ1n) is 5.43. The molecule has 3 nitrogen and oxygen atoms in total. The van der Waals surface area contributed by atoms with Crippen molar-refractivity contribution < 1.29 is 9.90 Å². The van der Waals surface area contributed by atoms with Gasteiger partial charge in [-0.15, -0.1) is 0 Å². The van der Waals surface area contributed by atoms with Crippen molar-refractivity contribution in [3.05, 3.63) is 28.8 Å². The topological polar surface area (TPSA) is 49.3 Å². The predicted molar refractivity (Wildman–Crippen MR) is 64.2 cm³/mol. The minimum absolute atomic E-state index is 0.220. The van der Waals surface area contributed by atoms with Gasteiger partial charge in [-0.1, -0.05) is 24.4 Å². The summed E-state index contributed by atoms with van der Waals surface area (Å²) in [5, 5.41) is 12.5. The van der Waals surface area contributed by atoms with E-state index in [1.54, 1.807) is 12.1 Å². The Balaban J connectivity index is 1.95. The molecule has 1 aromatic rings. The summed E-state index contributed by atoms with van der Waals surface area (Å²) >= 11 is 5.98. The molecule has 0 unspecified atom stereocenters. The van der Waals surface area contributed by atoms with E-state index in [4.69, 9.17) is 16.7 Å². The maximum atomic E-state index is 10.7. The van der Waals surface area contributed by atoms with E-state index < -0.39 is 5.97 Å². The van der Waals surface area contributed by atoms with Crippen LogP contribution in [-0.2, 0) is 0 Å². The molecule has 1 aliphatic carbocycles. The average Bonchev–Trinajstić information content (AvgIpc) is 3.04. The minimum atomic E-state index is -0.952. The lowest BCUT2D eigenvalue weighted by molar-refractivity contribution is 0.0697. The second kappa shape index (κ2) is 4.74. The van der Waals surface area contributed by atoms with Crippen LogP contribution < -0.4 is 5.32 Å². The maximum absolute atomic E-state index is 10.7. The van der Waals surface area contributed by atoms with Gasteiger partial charge in [-0.05, 0) is 30.5 Å². The molecule has 0 atom stereocenters. The third-order valence-electron chi connectivity index (χ3n) is 2.78. The molecule has 86 valence electrons. The smallest absolute Gasteiger partial charge is 0.335 e. The van der Waals surface area contributed by atoms with Crippen LogP contribution in [0.3, 0.4) is 0 Å². The van der Waals surface area contributed by atoms with Crippen molar-refractivity contribution in [2.24, 2.45) is 5.92 Å². The van der Waals surface area contributed by atoms with Gasteiger partial charge in [0.1, 0.15) is 0 Å². The van der Waals surface area contributed by atoms with Crippen LogP contribution in [-0.4, -0.2) is 17.6 Å². The Hall–Kier alpha value is -1.22. The van der Waals surface area contributed by atoms with Crippen LogP contribution in [0.4, 0.5) is 5.69 Å². The number of anilines is 1. The van der Waals surface area contributed by atoms with E-state index in [9.17, 15) is 4.79 Å². The summed E-state index contributed by atoms with van der Waals surface area (Å²) in [6.07, 6.45) is 3.84. The Kier molecular flexibility index (Phi) is 3.34. The molecule has 4 heteroatoms. The Morgan fingerprint density at radius 2 is 2.25 bits per heavy atom. The van der Waals surface area contributed by atoms with Gasteiger partial charge in [0.15, 0.2) is 0 Å². The maximum Gasteiger partial charge on any atom is 0.335 e. The number of benzene rings is 1. The van der Waals surface area contributed by atoms with Crippen LogP contribution in [0.1, 0.15) is 29.6 Å². The van der Waals surface area contributed by atoms with Gasteiger partial charge in [-0.3, -0.25) is 0 Å². The Morgan fingerprint density at radius 3 is 2.81 bits per heavy atom. The number of halogens is 1. The summed E-state index contributed by atoms with van der Waals surface area (Å²) in [5.41, 5.74) is 1.03. The van der Waals surface area contributed by atoms with Crippen LogP contribution in [0.15, 0.2) is 18.2 Å². The number of carbonyl (C=O) groups is 1. The van der Waals surface area contributed by atoms with Crippen LogP contribution in [0.2, 0.25) is 5.02 Å². The molecule has 0 aromatic heterocycles. The van der Waals surface area contributed by atoms with Crippen LogP contribution in [0.5, 0.6) is 0 Å². The molecule has 1 aliphatic rings. The molecule has 0 radical (unpaired) electrons. The Labute approximate surface area is 99.4 Å². The lowest BCUT2D eigenvalue weighted by atomic mass is 10.2. The molecule has 0 heterocycles. The number of nitrogens with one attached hydrogen (secondary N) is 1. The lowest BCUT2D eigenvalue weighted by Crippen LogP contribution is -2.04. The SMILES string of the molecule is O=C(O)c1ccc(NCCC2CC2)c(Cl)c1. The summed E-state index contributed by atoms with van der Waals surface area (Å²) in [5.74, 6) is -0.0731. The third kappa shape index (κ3) is 2.89. The molecule has 0 aliphatic heterocycles. The summed E-state index contributed by atoms with van der Waals surface area (Å²) in [6.45, 7) is 0.900. The number of carboxylic acids is 1. The minimum Gasteiger partial charge on any atom is -0.478 e. The monoisotopic (exact) mass is 239 g/mol. The van der Waals surface area contributed by atoms with Crippen molar-refractivity contribution in [3.63, 3.8) is 0 Å². The van der Waals surface area contributed by atoms with E-state index >= 15 is 0 Å². The standard InChI is InChI=1S/C12H14ClNO2/c13-10-7-9(12(15)16)3-4-11(10)14-6-5-8-1-2-8/h3-4,7-8,14H,1-2,5-6H2,(H,15,16). The molecular formula is C12H14ClNO2. The van der Waals surface area contributed by atoms with Gasteiger partial charge in [-0.25, -0.2) is 4.79 Å². The molecule has 16 heavy (non-hydrogen) atoms. The van der Waals surface area contributed by atoms with E-state index in [1.807, 2.05) is 0 Å². The van der Waals surface area contributed by atoms with Gasteiger partial charge in [0.05, 0.1) is 16.3 Å². The third-order valence-corrected chi connectivity index (χ3v) is 3.09. The van der Waals surface area contributed by atoms with Gasteiger partial charge in [0.2, 0.25) is 0 Å². The zero-order chi connectivity index (χ0) is 11.5.